The molecule has 21 heavy (non-hydrogen) atoms. The fourth-order valence-electron chi connectivity index (χ4n) is 1.37. The van der Waals surface area contributed by atoms with Gasteiger partial charge >= 0.3 is 12.1 Å². The monoisotopic (exact) mass is 346 g/mol. The highest BCUT2D eigenvalue weighted by molar-refractivity contribution is 7.85. The Hall–Kier alpha value is -1.32. The lowest BCUT2D eigenvalue weighted by molar-refractivity contribution is -0.197. The Morgan fingerprint density at radius 1 is 1.43 bits per heavy atom. The average Bonchev–Trinajstić information content (AvgIpc) is 2.28. The molecule has 5 nitrogen and oxygen atoms in total. The van der Waals surface area contributed by atoms with Crippen LogP contribution in [0.5, 0.6) is 0 Å². The van der Waals surface area contributed by atoms with Crippen molar-refractivity contribution in [3.05, 3.63) is 34.3 Å². The molecule has 0 fully saturated rings. The fraction of sp³-hybridized carbons (Fsp3) is 0.364. The first-order valence-corrected chi connectivity index (χ1v) is 7.38. The summed E-state index contributed by atoms with van der Waals surface area (Å²) in [5.41, 5.74) is 0.214. The van der Waals surface area contributed by atoms with E-state index in [0.717, 1.165) is 0 Å². The molecule has 1 N–H and O–H groups in total. The molecule has 1 aromatic carbocycles. The lowest BCUT2D eigenvalue weighted by Crippen LogP contribution is -2.39. The number of ether oxygens (including phenoxy) is 1. The number of esters is 1. The zero-order valence-electron chi connectivity index (χ0n) is 10.5. The molecule has 0 radical (unpaired) electrons. The highest BCUT2D eigenvalue weighted by Gasteiger charge is 2.45. The van der Waals surface area contributed by atoms with Crippen molar-refractivity contribution >= 4 is 27.7 Å². The first-order chi connectivity index (χ1) is 9.40. The number of hydrogen-bond acceptors (Lipinski definition) is 4. The first-order valence-electron chi connectivity index (χ1n) is 5.39. The Morgan fingerprint density at radius 3 is 2.48 bits per heavy atom. The highest BCUT2D eigenvalue weighted by atomic mass is 35.5. The van der Waals surface area contributed by atoms with Gasteiger partial charge in [-0.2, -0.15) is 21.6 Å². The maximum Gasteiger partial charge on any atom is 0.426 e. The highest BCUT2D eigenvalue weighted by Crippen LogP contribution is 2.26. The minimum absolute atomic E-state index is 0.140. The van der Waals surface area contributed by atoms with E-state index in [1.165, 1.54) is 18.2 Å². The molecular formula is C11H10ClF3O5S. The number of carbonyl (C=O) groups is 1. The van der Waals surface area contributed by atoms with Crippen molar-refractivity contribution in [3.8, 4) is 0 Å². The third kappa shape index (κ3) is 5.52. The molecule has 0 aliphatic heterocycles. The van der Waals surface area contributed by atoms with Crippen molar-refractivity contribution in [3.63, 3.8) is 0 Å². The minimum Gasteiger partial charge on any atom is -0.448 e. The van der Waals surface area contributed by atoms with Crippen molar-refractivity contribution in [2.45, 2.75) is 19.2 Å². The molecule has 1 unspecified atom stereocenters. The van der Waals surface area contributed by atoms with Crippen LogP contribution in [0.3, 0.4) is 0 Å². The maximum absolute atomic E-state index is 12.6. The van der Waals surface area contributed by atoms with Gasteiger partial charge in [0.05, 0.1) is 10.6 Å². The van der Waals surface area contributed by atoms with Gasteiger partial charge < -0.3 is 4.74 Å². The molecule has 0 aliphatic rings. The van der Waals surface area contributed by atoms with Crippen molar-refractivity contribution in [2.75, 3.05) is 5.75 Å². The summed E-state index contributed by atoms with van der Waals surface area (Å²) in [6, 6.07) is 4.02. The van der Waals surface area contributed by atoms with E-state index in [1.807, 2.05) is 0 Å². The van der Waals surface area contributed by atoms with Crippen LogP contribution in [0.15, 0.2) is 18.2 Å². The van der Waals surface area contributed by atoms with Crippen LogP contribution in [0.4, 0.5) is 13.2 Å². The van der Waals surface area contributed by atoms with Gasteiger partial charge in [-0.05, 0) is 19.1 Å². The van der Waals surface area contributed by atoms with Gasteiger partial charge in [-0.25, -0.2) is 4.79 Å². The van der Waals surface area contributed by atoms with Crippen LogP contribution < -0.4 is 0 Å². The normalized spacial score (nSPS) is 13.8. The van der Waals surface area contributed by atoms with E-state index in [4.69, 9.17) is 16.2 Å². The summed E-state index contributed by atoms with van der Waals surface area (Å²) in [7, 11) is -4.98. The van der Waals surface area contributed by atoms with Gasteiger partial charge in [0.1, 0.15) is 5.75 Å². The molecule has 0 saturated carbocycles. The predicted molar refractivity (Wildman–Crippen MR) is 67.9 cm³/mol. The molecule has 0 bridgehead atoms. The number of hydrogen-bond donors (Lipinski definition) is 1. The molecule has 0 aliphatic carbocycles. The molecule has 1 atom stereocenters. The van der Waals surface area contributed by atoms with Crippen molar-refractivity contribution < 1.29 is 35.7 Å². The molecule has 1 aromatic rings. The zero-order valence-corrected chi connectivity index (χ0v) is 12.1. The second-order valence-corrected chi connectivity index (χ2v) is 6.07. The van der Waals surface area contributed by atoms with Crippen molar-refractivity contribution in [2.24, 2.45) is 0 Å². The van der Waals surface area contributed by atoms with E-state index >= 15 is 0 Å². The third-order valence-electron chi connectivity index (χ3n) is 2.32. The lowest BCUT2D eigenvalue weighted by Gasteiger charge is -2.19. The van der Waals surface area contributed by atoms with Crippen LogP contribution in [0.2, 0.25) is 5.02 Å². The Morgan fingerprint density at radius 2 is 2.00 bits per heavy atom. The van der Waals surface area contributed by atoms with Gasteiger partial charge in [0.15, 0.2) is 0 Å². The van der Waals surface area contributed by atoms with Crippen LogP contribution in [-0.2, 0) is 14.9 Å². The van der Waals surface area contributed by atoms with Gasteiger partial charge in [-0.3, -0.25) is 4.55 Å². The molecule has 118 valence electrons. The SMILES string of the molecule is Cc1ccc(Cl)c(C(=O)OC(CS(=O)(=O)O)C(F)(F)F)c1. The smallest absolute Gasteiger partial charge is 0.426 e. The van der Waals surface area contributed by atoms with Crippen LogP contribution >= 0.6 is 11.6 Å². The zero-order chi connectivity index (χ0) is 16.4. The first kappa shape index (κ1) is 17.7. The van der Waals surface area contributed by atoms with Crippen LogP contribution in [0.1, 0.15) is 15.9 Å². The number of benzene rings is 1. The van der Waals surface area contributed by atoms with E-state index in [0.29, 0.717) is 5.56 Å². The topological polar surface area (TPSA) is 80.7 Å². The standard InChI is InChI=1S/C11H10ClF3O5S/c1-6-2-3-8(12)7(4-6)10(16)20-9(11(13,14)15)5-21(17,18)19/h2-4,9H,5H2,1H3,(H,17,18,19). The maximum atomic E-state index is 12.6. The van der Waals surface area contributed by atoms with Gasteiger partial charge in [0.25, 0.3) is 10.1 Å². The van der Waals surface area contributed by atoms with E-state index in [2.05, 4.69) is 4.74 Å². The Kier molecular flexibility index (Phi) is 5.24. The van der Waals surface area contributed by atoms with Crippen LogP contribution in [0.25, 0.3) is 0 Å². The Balaban J connectivity index is 3.03. The van der Waals surface area contributed by atoms with Gasteiger partial charge in [-0.1, -0.05) is 23.2 Å². The average molecular weight is 347 g/mol. The molecule has 10 heteroatoms. The van der Waals surface area contributed by atoms with Gasteiger partial charge in [0.2, 0.25) is 6.10 Å². The summed E-state index contributed by atoms with van der Waals surface area (Å²) < 4.78 is 71.6. The molecule has 0 saturated heterocycles. The lowest BCUT2D eigenvalue weighted by atomic mass is 10.1. The predicted octanol–water partition coefficient (Wildman–Crippen LogP) is 2.62. The summed E-state index contributed by atoms with van der Waals surface area (Å²) >= 11 is 5.67. The Bertz CT molecular complexity index is 642. The van der Waals surface area contributed by atoms with Crippen LogP contribution in [-0.4, -0.2) is 37.0 Å². The Labute approximate surface area is 123 Å². The molecule has 0 aromatic heterocycles. The summed E-state index contributed by atoms with van der Waals surface area (Å²) in [6.45, 7) is 1.58. The molecule has 1 rings (SSSR count). The molecule has 0 spiro atoms. The number of alkyl halides is 3. The summed E-state index contributed by atoms with van der Waals surface area (Å²) in [6.07, 6.45) is -8.14. The van der Waals surface area contributed by atoms with Gasteiger partial charge in [0, 0.05) is 0 Å². The van der Waals surface area contributed by atoms with E-state index in [9.17, 15) is 26.4 Å². The van der Waals surface area contributed by atoms with Gasteiger partial charge in [-0.15, -0.1) is 0 Å². The van der Waals surface area contributed by atoms with Crippen molar-refractivity contribution in [1.29, 1.82) is 0 Å². The van der Waals surface area contributed by atoms with E-state index < -0.39 is 34.1 Å². The molecular weight excluding hydrogens is 337 g/mol. The molecule has 0 amide bonds. The second-order valence-electron chi connectivity index (χ2n) is 4.17. The number of carbonyl (C=O) groups excluding carboxylic acids is 1. The molecule has 0 heterocycles. The fourth-order valence-corrected chi connectivity index (χ4v) is 2.21. The third-order valence-corrected chi connectivity index (χ3v) is 3.37. The second kappa shape index (κ2) is 6.20. The largest absolute Gasteiger partial charge is 0.448 e. The summed E-state index contributed by atoms with van der Waals surface area (Å²) in [4.78, 5) is 11.7. The van der Waals surface area contributed by atoms with E-state index in [-0.39, 0.29) is 10.6 Å². The van der Waals surface area contributed by atoms with Crippen LogP contribution in [0, 0.1) is 6.92 Å². The quantitative estimate of drug-likeness (QED) is 0.669. The number of aryl methyl sites for hydroxylation is 1. The van der Waals surface area contributed by atoms with E-state index in [1.54, 1.807) is 6.92 Å². The number of halogens is 4. The number of rotatable bonds is 4. The minimum atomic E-state index is -5.15. The summed E-state index contributed by atoms with van der Waals surface area (Å²) in [5.74, 6) is -3.22. The summed E-state index contributed by atoms with van der Waals surface area (Å²) in [5, 5.41) is -0.140. The van der Waals surface area contributed by atoms with Crippen molar-refractivity contribution in [1.82, 2.24) is 0 Å².